The van der Waals surface area contributed by atoms with Crippen LogP contribution >= 0.6 is 0 Å². The molecule has 6 heteroatoms. The van der Waals surface area contributed by atoms with Crippen LogP contribution in [0.4, 0.5) is 5.82 Å². The molecule has 1 saturated heterocycles. The van der Waals surface area contributed by atoms with Gasteiger partial charge in [-0.1, -0.05) is 13.8 Å². The van der Waals surface area contributed by atoms with E-state index in [2.05, 4.69) is 33.7 Å². The largest absolute Gasteiger partial charge is 0.370 e. The predicted octanol–water partition coefficient (Wildman–Crippen LogP) is 1.51. The summed E-state index contributed by atoms with van der Waals surface area (Å²) in [4.78, 5) is 26.6. The molecule has 0 radical (unpaired) electrons. The minimum atomic E-state index is -0.283. The lowest BCUT2D eigenvalue weighted by Crippen LogP contribution is -2.34. The van der Waals surface area contributed by atoms with Gasteiger partial charge in [-0.15, -0.1) is 0 Å². The molecule has 2 N–H and O–H groups in total. The number of anilines is 1. The van der Waals surface area contributed by atoms with E-state index in [4.69, 9.17) is 5.73 Å². The van der Waals surface area contributed by atoms with Crippen LogP contribution in [0.1, 0.15) is 26.7 Å². The van der Waals surface area contributed by atoms with Gasteiger partial charge in [0.15, 0.2) is 5.82 Å². The summed E-state index contributed by atoms with van der Waals surface area (Å²) in [5.41, 5.74) is 7.10. The minimum absolute atomic E-state index is 0.0672. The number of carbonyl (C=O) groups is 1. The van der Waals surface area contributed by atoms with Crippen molar-refractivity contribution in [3.05, 3.63) is 24.7 Å². The topological polar surface area (TPSA) is 85.0 Å². The number of primary amides is 1. The summed E-state index contributed by atoms with van der Waals surface area (Å²) >= 11 is 0. The van der Waals surface area contributed by atoms with Crippen LogP contribution in [0.15, 0.2) is 24.7 Å². The number of amides is 1. The van der Waals surface area contributed by atoms with Gasteiger partial charge in [0.1, 0.15) is 11.8 Å². The zero-order valence-electron chi connectivity index (χ0n) is 12.3. The van der Waals surface area contributed by atoms with Gasteiger partial charge >= 0.3 is 0 Å². The van der Waals surface area contributed by atoms with Crippen molar-refractivity contribution in [1.82, 2.24) is 15.0 Å². The number of pyridine rings is 1. The number of carbonyl (C=O) groups excluding carboxylic acids is 1. The normalized spacial score (nSPS) is 20.9. The summed E-state index contributed by atoms with van der Waals surface area (Å²) < 4.78 is 0. The summed E-state index contributed by atoms with van der Waals surface area (Å²) in [7, 11) is 0. The standard InChI is InChI=1S/C15H19N5O/c1-15(2)7-10(6-12(16)21)20(8-15)14-13-11(18-9-19-14)4-3-5-17-13/h3-5,9-10H,6-8H2,1-2H3,(H2,16,21). The number of hydrogen-bond donors (Lipinski definition) is 1. The summed E-state index contributed by atoms with van der Waals surface area (Å²) in [6, 6.07) is 3.84. The molecule has 1 unspecified atom stereocenters. The summed E-state index contributed by atoms with van der Waals surface area (Å²) in [6.45, 7) is 5.21. The van der Waals surface area contributed by atoms with E-state index in [0.29, 0.717) is 6.42 Å². The van der Waals surface area contributed by atoms with Crippen molar-refractivity contribution in [3.63, 3.8) is 0 Å². The molecule has 0 bridgehead atoms. The monoisotopic (exact) mass is 285 g/mol. The SMILES string of the molecule is CC1(C)CC(CC(N)=O)N(c2ncnc3cccnc23)C1. The lowest BCUT2D eigenvalue weighted by atomic mass is 9.90. The second-order valence-electron chi connectivity index (χ2n) is 6.39. The van der Waals surface area contributed by atoms with Gasteiger partial charge in [0.25, 0.3) is 0 Å². The Labute approximate surface area is 123 Å². The number of aromatic nitrogens is 3. The van der Waals surface area contributed by atoms with Crippen molar-refractivity contribution < 1.29 is 4.79 Å². The molecule has 1 amide bonds. The third-order valence-corrected chi connectivity index (χ3v) is 3.91. The van der Waals surface area contributed by atoms with E-state index in [-0.39, 0.29) is 17.4 Å². The van der Waals surface area contributed by atoms with Crippen LogP contribution in [-0.2, 0) is 4.79 Å². The third kappa shape index (κ3) is 2.66. The molecule has 0 aromatic carbocycles. The zero-order chi connectivity index (χ0) is 15.0. The molecule has 3 rings (SSSR count). The van der Waals surface area contributed by atoms with Crippen LogP contribution in [0.2, 0.25) is 0 Å². The Morgan fingerprint density at radius 1 is 1.43 bits per heavy atom. The van der Waals surface area contributed by atoms with Gasteiger partial charge in [-0.2, -0.15) is 0 Å². The first-order valence-electron chi connectivity index (χ1n) is 7.07. The second kappa shape index (κ2) is 4.95. The highest BCUT2D eigenvalue weighted by atomic mass is 16.1. The number of rotatable bonds is 3. The predicted molar refractivity (Wildman–Crippen MR) is 80.7 cm³/mol. The van der Waals surface area contributed by atoms with Crippen LogP contribution < -0.4 is 10.6 Å². The van der Waals surface area contributed by atoms with Crippen LogP contribution in [0, 0.1) is 5.41 Å². The van der Waals surface area contributed by atoms with Crippen LogP contribution in [0.5, 0.6) is 0 Å². The fourth-order valence-corrected chi connectivity index (χ4v) is 3.16. The Morgan fingerprint density at radius 2 is 2.24 bits per heavy atom. The number of nitrogens with two attached hydrogens (primary N) is 1. The van der Waals surface area contributed by atoms with E-state index in [9.17, 15) is 4.79 Å². The van der Waals surface area contributed by atoms with Crippen molar-refractivity contribution >= 4 is 22.8 Å². The van der Waals surface area contributed by atoms with E-state index in [1.165, 1.54) is 0 Å². The molecule has 0 aliphatic carbocycles. The van der Waals surface area contributed by atoms with Crippen LogP contribution in [-0.4, -0.2) is 33.4 Å². The smallest absolute Gasteiger partial charge is 0.219 e. The number of nitrogens with zero attached hydrogens (tertiary/aromatic N) is 4. The molecule has 21 heavy (non-hydrogen) atoms. The van der Waals surface area contributed by atoms with Crippen molar-refractivity contribution in [1.29, 1.82) is 0 Å². The highest BCUT2D eigenvalue weighted by molar-refractivity contribution is 5.86. The first-order chi connectivity index (χ1) is 9.96. The number of fused-ring (bicyclic) bond motifs is 1. The van der Waals surface area contributed by atoms with Gasteiger partial charge in [-0.3, -0.25) is 9.78 Å². The second-order valence-corrected chi connectivity index (χ2v) is 6.39. The van der Waals surface area contributed by atoms with Gasteiger partial charge in [-0.25, -0.2) is 9.97 Å². The fraction of sp³-hybridized carbons (Fsp3) is 0.467. The highest BCUT2D eigenvalue weighted by Gasteiger charge is 2.39. The Kier molecular flexibility index (Phi) is 3.23. The molecule has 3 heterocycles. The van der Waals surface area contributed by atoms with Crippen LogP contribution in [0.3, 0.4) is 0 Å². The van der Waals surface area contributed by atoms with E-state index < -0.39 is 0 Å². The molecule has 1 aliphatic heterocycles. The molecule has 0 saturated carbocycles. The molecule has 110 valence electrons. The van der Waals surface area contributed by atoms with Crippen molar-refractivity contribution in [3.8, 4) is 0 Å². The minimum Gasteiger partial charge on any atom is -0.370 e. The van der Waals surface area contributed by atoms with Gasteiger partial charge < -0.3 is 10.6 Å². The van der Waals surface area contributed by atoms with Gasteiger partial charge in [0, 0.05) is 25.2 Å². The molecule has 1 atom stereocenters. The average molecular weight is 285 g/mol. The van der Waals surface area contributed by atoms with E-state index in [0.717, 1.165) is 29.8 Å². The van der Waals surface area contributed by atoms with Gasteiger partial charge in [0.05, 0.1) is 5.52 Å². The third-order valence-electron chi connectivity index (χ3n) is 3.91. The molecule has 2 aromatic rings. The molecule has 2 aromatic heterocycles. The average Bonchev–Trinajstić information content (AvgIpc) is 2.72. The van der Waals surface area contributed by atoms with Crippen molar-refractivity contribution in [2.24, 2.45) is 11.1 Å². The van der Waals surface area contributed by atoms with E-state index in [1.54, 1.807) is 12.5 Å². The van der Waals surface area contributed by atoms with Gasteiger partial charge in [0.2, 0.25) is 5.91 Å². The Hall–Kier alpha value is -2.24. The van der Waals surface area contributed by atoms with E-state index in [1.807, 2.05) is 12.1 Å². The quantitative estimate of drug-likeness (QED) is 0.923. The van der Waals surface area contributed by atoms with E-state index >= 15 is 0 Å². The summed E-state index contributed by atoms with van der Waals surface area (Å²) in [5, 5.41) is 0. The fourth-order valence-electron chi connectivity index (χ4n) is 3.16. The molecular formula is C15H19N5O. The molecule has 6 nitrogen and oxygen atoms in total. The molecule has 1 aliphatic rings. The molecule has 1 fully saturated rings. The maximum Gasteiger partial charge on any atom is 0.219 e. The van der Waals surface area contributed by atoms with Crippen LogP contribution in [0.25, 0.3) is 11.0 Å². The Balaban J connectivity index is 2.05. The number of hydrogen-bond acceptors (Lipinski definition) is 5. The lowest BCUT2D eigenvalue weighted by molar-refractivity contribution is -0.118. The summed E-state index contributed by atoms with van der Waals surface area (Å²) in [6.07, 6.45) is 4.53. The van der Waals surface area contributed by atoms with Crippen molar-refractivity contribution in [2.75, 3.05) is 11.4 Å². The Morgan fingerprint density at radius 3 is 3.00 bits per heavy atom. The zero-order valence-corrected chi connectivity index (χ0v) is 12.3. The summed E-state index contributed by atoms with van der Waals surface area (Å²) in [5.74, 6) is 0.506. The lowest BCUT2D eigenvalue weighted by Gasteiger charge is -2.25. The molecular weight excluding hydrogens is 266 g/mol. The van der Waals surface area contributed by atoms with Crippen molar-refractivity contribution in [2.45, 2.75) is 32.7 Å². The van der Waals surface area contributed by atoms with Gasteiger partial charge in [-0.05, 0) is 24.0 Å². The maximum absolute atomic E-state index is 11.4. The maximum atomic E-state index is 11.4. The first kappa shape index (κ1) is 13.7. The Bertz CT molecular complexity index is 679. The highest BCUT2D eigenvalue weighted by Crippen LogP contribution is 2.39. The first-order valence-corrected chi connectivity index (χ1v) is 7.07. The molecule has 0 spiro atoms.